The van der Waals surface area contributed by atoms with Gasteiger partial charge in [-0.15, -0.1) is 0 Å². The molecule has 1 aromatic carbocycles. The van der Waals surface area contributed by atoms with Crippen LogP contribution < -0.4 is 26.4 Å². The van der Waals surface area contributed by atoms with Crippen LogP contribution in [0.15, 0.2) is 48.8 Å². The van der Waals surface area contributed by atoms with E-state index in [9.17, 15) is 9.50 Å². The van der Waals surface area contributed by atoms with Crippen molar-refractivity contribution in [3.05, 3.63) is 65.9 Å². The topological polar surface area (TPSA) is 135 Å². The van der Waals surface area contributed by atoms with Crippen LogP contribution in [0.25, 0.3) is 0 Å². The van der Waals surface area contributed by atoms with Crippen molar-refractivity contribution in [3.63, 3.8) is 0 Å². The molecule has 0 saturated heterocycles. The number of anilines is 3. The van der Waals surface area contributed by atoms with Crippen molar-refractivity contribution in [2.45, 2.75) is 26.1 Å². The van der Waals surface area contributed by atoms with E-state index in [-0.39, 0.29) is 18.1 Å². The van der Waals surface area contributed by atoms with E-state index in [0.29, 0.717) is 49.1 Å². The smallest absolute Gasteiger partial charge is 0.220 e. The Morgan fingerprint density at radius 3 is 2.70 bits per heavy atom. The number of pyridine rings is 1. The largest absolute Gasteiger partial charge is 0.483 e. The summed E-state index contributed by atoms with van der Waals surface area (Å²) < 4.78 is 20.0. The highest BCUT2D eigenvalue weighted by atomic mass is 19.1. The van der Waals surface area contributed by atoms with Crippen LogP contribution in [-0.4, -0.2) is 46.2 Å². The van der Waals surface area contributed by atoms with Crippen molar-refractivity contribution in [1.82, 2.24) is 15.0 Å². The summed E-state index contributed by atoms with van der Waals surface area (Å²) in [5.41, 5.74) is 11.8. The van der Waals surface area contributed by atoms with Crippen LogP contribution in [0.5, 0.6) is 5.75 Å². The average molecular weight is 456 g/mol. The Kier molecular flexibility index (Phi) is 7.96. The summed E-state index contributed by atoms with van der Waals surface area (Å²) >= 11 is 0. The van der Waals surface area contributed by atoms with E-state index in [1.54, 1.807) is 50.5 Å². The van der Waals surface area contributed by atoms with Crippen LogP contribution in [0.1, 0.15) is 25.1 Å². The summed E-state index contributed by atoms with van der Waals surface area (Å²) in [6.07, 6.45) is 3.27. The van der Waals surface area contributed by atoms with Gasteiger partial charge in [0.2, 0.25) is 5.95 Å². The van der Waals surface area contributed by atoms with Crippen molar-refractivity contribution in [1.29, 1.82) is 0 Å². The van der Waals surface area contributed by atoms with Gasteiger partial charge >= 0.3 is 0 Å². The first-order chi connectivity index (χ1) is 15.8. The third-order valence-corrected chi connectivity index (χ3v) is 4.89. The van der Waals surface area contributed by atoms with E-state index < -0.39 is 11.4 Å². The normalized spacial score (nSPS) is 11.3. The Morgan fingerprint density at radius 2 is 1.97 bits per heavy atom. The number of aliphatic hydroxyl groups is 1. The Hall–Kier alpha value is -3.50. The predicted molar refractivity (Wildman–Crippen MR) is 126 cm³/mol. The van der Waals surface area contributed by atoms with E-state index in [1.165, 1.54) is 6.07 Å². The maximum absolute atomic E-state index is 14.1. The van der Waals surface area contributed by atoms with Gasteiger partial charge in [-0.3, -0.25) is 0 Å². The molecule has 9 nitrogen and oxygen atoms in total. The lowest BCUT2D eigenvalue weighted by Gasteiger charge is -2.25. The maximum atomic E-state index is 14.1. The molecule has 3 aromatic rings. The molecule has 0 aliphatic heterocycles. The summed E-state index contributed by atoms with van der Waals surface area (Å²) in [5, 5.41) is 13.4. The van der Waals surface area contributed by atoms with Gasteiger partial charge in [-0.2, -0.15) is 0 Å². The van der Waals surface area contributed by atoms with Crippen LogP contribution >= 0.6 is 0 Å². The second-order valence-corrected chi connectivity index (χ2v) is 7.98. The molecule has 2 heterocycles. The summed E-state index contributed by atoms with van der Waals surface area (Å²) in [7, 11) is 0. The van der Waals surface area contributed by atoms with Crippen LogP contribution in [0, 0.1) is 5.82 Å². The van der Waals surface area contributed by atoms with Gasteiger partial charge in [0.25, 0.3) is 0 Å². The lowest BCUT2D eigenvalue weighted by atomic mass is 9.97. The quantitative estimate of drug-likeness (QED) is 0.343. The molecule has 6 N–H and O–H groups in total. The molecule has 0 aliphatic carbocycles. The molecule has 0 bridgehead atoms. The van der Waals surface area contributed by atoms with E-state index in [0.717, 1.165) is 0 Å². The number of benzene rings is 1. The SMILES string of the molecule is CC(C)(O)c1cc(NCCN(CCN)c2ncccc2OCc2ccnc(N)n2)ccc1F. The lowest BCUT2D eigenvalue weighted by Crippen LogP contribution is -2.34. The monoisotopic (exact) mass is 455 g/mol. The molecule has 0 fully saturated rings. The first-order valence-corrected chi connectivity index (χ1v) is 10.6. The van der Waals surface area contributed by atoms with Crippen molar-refractivity contribution in [3.8, 4) is 5.75 Å². The Morgan fingerprint density at radius 1 is 1.15 bits per heavy atom. The predicted octanol–water partition coefficient (Wildman–Crippen LogP) is 2.28. The standard InChI is InChI=1S/C23H30FN7O2/c1-23(2,32)18-14-16(5-6-19(18)24)27-11-13-31(12-8-25)21-20(4-3-9-28-21)33-15-17-7-10-29-22(26)30-17/h3-7,9-10,14,27,32H,8,11-13,15,25H2,1-2H3,(H2,26,29,30). The number of hydrogen-bond acceptors (Lipinski definition) is 9. The minimum atomic E-state index is -1.28. The first kappa shape index (κ1) is 24.1. The highest BCUT2D eigenvalue weighted by molar-refractivity contribution is 5.53. The molecule has 10 heteroatoms. The van der Waals surface area contributed by atoms with Crippen LogP contribution in [0.3, 0.4) is 0 Å². The fourth-order valence-electron chi connectivity index (χ4n) is 3.30. The first-order valence-electron chi connectivity index (χ1n) is 10.6. The number of nitrogens with zero attached hydrogens (tertiary/aromatic N) is 4. The molecule has 176 valence electrons. The van der Waals surface area contributed by atoms with Crippen LogP contribution in [0.2, 0.25) is 0 Å². The fourth-order valence-corrected chi connectivity index (χ4v) is 3.30. The van der Waals surface area contributed by atoms with Gasteiger partial charge in [-0.1, -0.05) is 0 Å². The Bertz CT molecular complexity index is 1060. The summed E-state index contributed by atoms with van der Waals surface area (Å²) in [6.45, 7) is 5.42. The zero-order chi connectivity index (χ0) is 23.8. The number of nitrogens with one attached hydrogen (secondary N) is 1. The number of nitrogen functional groups attached to an aromatic ring is 1. The summed E-state index contributed by atoms with van der Waals surface area (Å²) in [6, 6.07) is 9.96. The summed E-state index contributed by atoms with van der Waals surface area (Å²) in [5.74, 6) is 0.989. The number of nitrogens with two attached hydrogens (primary N) is 2. The van der Waals surface area contributed by atoms with Crippen LogP contribution in [0.4, 0.5) is 21.8 Å². The van der Waals surface area contributed by atoms with Gasteiger partial charge < -0.3 is 31.5 Å². The van der Waals surface area contributed by atoms with E-state index in [1.807, 2.05) is 11.0 Å². The summed E-state index contributed by atoms with van der Waals surface area (Å²) in [4.78, 5) is 14.5. The molecule has 0 atom stereocenters. The van der Waals surface area contributed by atoms with Crippen molar-refractivity contribution in [2.75, 3.05) is 42.1 Å². The Labute approximate surface area is 192 Å². The second-order valence-electron chi connectivity index (χ2n) is 7.98. The molecule has 0 spiro atoms. The number of ether oxygens (including phenoxy) is 1. The van der Waals surface area contributed by atoms with Crippen molar-refractivity contribution in [2.24, 2.45) is 5.73 Å². The number of rotatable bonds is 11. The number of hydrogen-bond donors (Lipinski definition) is 4. The van der Waals surface area contributed by atoms with E-state index >= 15 is 0 Å². The van der Waals surface area contributed by atoms with Crippen molar-refractivity contribution < 1.29 is 14.2 Å². The number of aromatic nitrogens is 3. The average Bonchev–Trinajstić information content (AvgIpc) is 2.78. The highest BCUT2D eigenvalue weighted by Gasteiger charge is 2.21. The van der Waals surface area contributed by atoms with Gasteiger partial charge in [-0.05, 0) is 50.2 Å². The highest BCUT2D eigenvalue weighted by Crippen LogP contribution is 2.27. The third kappa shape index (κ3) is 6.74. The fraction of sp³-hybridized carbons (Fsp3) is 0.348. The lowest BCUT2D eigenvalue weighted by molar-refractivity contribution is 0.0746. The minimum absolute atomic E-state index is 0.187. The molecule has 0 saturated carbocycles. The van der Waals surface area contributed by atoms with Gasteiger partial charge in [0.15, 0.2) is 11.6 Å². The zero-order valence-corrected chi connectivity index (χ0v) is 18.8. The van der Waals surface area contributed by atoms with Gasteiger partial charge in [0.05, 0.1) is 11.3 Å². The third-order valence-electron chi connectivity index (χ3n) is 4.89. The molecule has 0 aliphatic rings. The number of halogens is 1. The molecular formula is C23H30FN7O2. The molecule has 0 unspecified atom stereocenters. The molecular weight excluding hydrogens is 425 g/mol. The van der Waals surface area contributed by atoms with Gasteiger partial charge in [-0.25, -0.2) is 19.3 Å². The molecule has 2 aromatic heterocycles. The molecule has 0 amide bonds. The van der Waals surface area contributed by atoms with Crippen LogP contribution in [-0.2, 0) is 12.2 Å². The van der Waals surface area contributed by atoms with Gasteiger partial charge in [0.1, 0.15) is 12.4 Å². The zero-order valence-electron chi connectivity index (χ0n) is 18.8. The molecule has 33 heavy (non-hydrogen) atoms. The second kappa shape index (κ2) is 10.9. The molecule has 3 rings (SSSR count). The maximum Gasteiger partial charge on any atom is 0.220 e. The van der Waals surface area contributed by atoms with E-state index in [4.69, 9.17) is 16.2 Å². The molecule has 0 radical (unpaired) electrons. The minimum Gasteiger partial charge on any atom is -0.483 e. The van der Waals surface area contributed by atoms with E-state index in [2.05, 4.69) is 20.3 Å². The Balaban J connectivity index is 1.68. The van der Waals surface area contributed by atoms with Crippen molar-refractivity contribution >= 4 is 17.5 Å². The van der Waals surface area contributed by atoms with Gasteiger partial charge in [0, 0.05) is 49.8 Å².